The van der Waals surface area contributed by atoms with Crippen molar-refractivity contribution in [1.82, 2.24) is 0 Å². The van der Waals surface area contributed by atoms with Crippen molar-refractivity contribution in [1.29, 1.82) is 0 Å². The number of hydrogen-bond acceptors (Lipinski definition) is 3. The summed E-state index contributed by atoms with van der Waals surface area (Å²) in [5, 5.41) is 4.32. The molecule has 0 bridgehead atoms. The van der Waals surface area contributed by atoms with Crippen LogP contribution in [0, 0.1) is 0 Å². The first-order chi connectivity index (χ1) is 8.78. The molecule has 1 atom stereocenters. The highest BCUT2D eigenvalue weighted by Crippen LogP contribution is 2.37. The maximum Gasteiger partial charge on any atom is 0.124 e. The molecule has 0 saturated carbocycles. The Balaban J connectivity index is 1.82. The van der Waals surface area contributed by atoms with Crippen LogP contribution in [0.3, 0.4) is 0 Å². The lowest BCUT2D eigenvalue weighted by Crippen LogP contribution is -2.41. The monoisotopic (exact) mass is 259 g/mol. The quantitative estimate of drug-likeness (QED) is 0.917. The molecule has 2 heterocycles. The van der Waals surface area contributed by atoms with Crippen LogP contribution >= 0.6 is 11.3 Å². The number of fused-ring (bicyclic) bond motifs is 1. The van der Waals surface area contributed by atoms with Gasteiger partial charge in [0.05, 0.1) is 6.61 Å². The SMILES string of the molecule is NC1(CCc2ccsc2)CCOc2ccccc21. The summed E-state index contributed by atoms with van der Waals surface area (Å²) in [4.78, 5) is 0. The zero-order chi connectivity index (χ0) is 12.4. The van der Waals surface area contributed by atoms with Crippen LogP contribution in [0.15, 0.2) is 41.1 Å². The molecule has 0 radical (unpaired) electrons. The fourth-order valence-corrected chi connectivity index (χ4v) is 3.25. The molecule has 0 saturated heterocycles. The van der Waals surface area contributed by atoms with Crippen LogP contribution in [0.25, 0.3) is 0 Å². The van der Waals surface area contributed by atoms with Crippen LogP contribution in [0.4, 0.5) is 0 Å². The number of thiophene rings is 1. The highest BCUT2D eigenvalue weighted by atomic mass is 32.1. The van der Waals surface area contributed by atoms with E-state index in [-0.39, 0.29) is 5.54 Å². The lowest BCUT2D eigenvalue weighted by atomic mass is 9.81. The molecule has 2 nitrogen and oxygen atoms in total. The molecule has 2 aromatic rings. The minimum absolute atomic E-state index is 0.239. The van der Waals surface area contributed by atoms with Gasteiger partial charge in [0.25, 0.3) is 0 Å². The van der Waals surface area contributed by atoms with Gasteiger partial charge in [-0.3, -0.25) is 0 Å². The minimum atomic E-state index is -0.239. The van der Waals surface area contributed by atoms with Crippen molar-refractivity contribution in [2.75, 3.05) is 6.61 Å². The summed E-state index contributed by atoms with van der Waals surface area (Å²) in [6.07, 6.45) is 2.91. The van der Waals surface area contributed by atoms with Crippen molar-refractivity contribution in [2.45, 2.75) is 24.8 Å². The first kappa shape index (κ1) is 11.8. The van der Waals surface area contributed by atoms with Gasteiger partial charge in [-0.25, -0.2) is 0 Å². The second-order valence-electron chi connectivity index (χ2n) is 4.88. The maximum absolute atomic E-state index is 6.61. The van der Waals surface area contributed by atoms with Crippen LogP contribution in [0.1, 0.15) is 24.0 Å². The average Bonchev–Trinajstić information content (AvgIpc) is 2.90. The molecule has 2 N–H and O–H groups in total. The van der Waals surface area contributed by atoms with Gasteiger partial charge in [-0.15, -0.1) is 0 Å². The summed E-state index contributed by atoms with van der Waals surface area (Å²) in [5.74, 6) is 0.955. The Morgan fingerprint density at radius 3 is 3.00 bits per heavy atom. The summed E-state index contributed by atoms with van der Waals surface area (Å²) < 4.78 is 5.68. The van der Waals surface area contributed by atoms with Crippen molar-refractivity contribution in [3.8, 4) is 5.75 Å². The predicted molar refractivity (Wildman–Crippen MR) is 75.1 cm³/mol. The van der Waals surface area contributed by atoms with E-state index in [0.29, 0.717) is 0 Å². The van der Waals surface area contributed by atoms with Crippen molar-refractivity contribution in [2.24, 2.45) is 5.73 Å². The number of para-hydroxylation sites is 1. The Bertz CT molecular complexity index is 523. The van der Waals surface area contributed by atoms with Crippen LogP contribution in [-0.4, -0.2) is 6.61 Å². The largest absolute Gasteiger partial charge is 0.493 e. The maximum atomic E-state index is 6.61. The van der Waals surface area contributed by atoms with Gasteiger partial charge >= 0.3 is 0 Å². The summed E-state index contributed by atoms with van der Waals surface area (Å²) in [5.41, 5.74) is 8.91. The van der Waals surface area contributed by atoms with Gasteiger partial charge in [-0.2, -0.15) is 11.3 Å². The minimum Gasteiger partial charge on any atom is -0.493 e. The molecule has 3 rings (SSSR count). The molecule has 1 aromatic heterocycles. The number of nitrogens with two attached hydrogens (primary N) is 1. The number of aryl methyl sites for hydroxylation is 1. The molecule has 1 unspecified atom stereocenters. The average molecular weight is 259 g/mol. The number of rotatable bonds is 3. The van der Waals surface area contributed by atoms with E-state index in [0.717, 1.165) is 37.2 Å². The normalized spacial score (nSPS) is 22.3. The standard InChI is InChI=1S/C15H17NOS/c16-15(7-5-12-6-10-18-11-12)8-9-17-14-4-2-1-3-13(14)15/h1-4,6,10-11H,5,7-9,16H2. The Morgan fingerprint density at radius 2 is 2.17 bits per heavy atom. The van der Waals surface area contributed by atoms with E-state index >= 15 is 0 Å². The van der Waals surface area contributed by atoms with Gasteiger partial charge in [0.1, 0.15) is 5.75 Å². The molecule has 1 aliphatic rings. The highest BCUT2D eigenvalue weighted by molar-refractivity contribution is 7.07. The third kappa shape index (κ3) is 2.16. The van der Waals surface area contributed by atoms with E-state index in [1.807, 2.05) is 18.2 Å². The van der Waals surface area contributed by atoms with Crippen LogP contribution in [-0.2, 0) is 12.0 Å². The van der Waals surface area contributed by atoms with Gasteiger partial charge < -0.3 is 10.5 Å². The van der Waals surface area contributed by atoms with Crippen molar-refractivity contribution in [3.05, 3.63) is 52.2 Å². The second-order valence-corrected chi connectivity index (χ2v) is 5.66. The van der Waals surface area contributed by atoms with E-state index in [2.05, 4.69) is 22.9 Å². The van der Waals surface area contributed by atoms with Crippen molar-refractivity contribution in [3.63, 3.8) is 0 Å². The predicted octanol–water partition coefficient (Wildman–Crippen LogP) is 3.32. The summed E-state index contributed by atoms with van der Waals surface area (Å²) in [6.45, 7) is 0.719. The van der Waals surface area contributed by atoms with Crippen LogP contribution < -0.4 is 10.5 Å². The van der Waals surface area contributed by atoms with Crippen molar-refractivity contribution < 1.29 is 4.74 Å². The Labute approximate surface area is 111 Å². The van der Waals surface area contributed by atoms with Gasteiger partial charge in [0.2, 0.25) is 0 Å². The van der Waals surface area contributed by atoms with Gasteiger partial charge in [-0.1, -0.05) is 18.2 Å². The molecule has 18 heavy (non-hydrogen) atoms. The molecule has 0 amide bonds. The molecule has 1 aliphatic heterocycles. The van der Waals surface area contributed by atoms with Crippen molar-refractivity contribution >= 4 is 11.3 Å². The third-order valence-corrected chi connectivity index (χ3v) is 4.40. The van der Waals surface area contributed by atoms with Gasteiger partial charge in [0, 0.05) is 17.5 Å². The first-order valence-corrected chi connectivity index (χ1v) is 7.24. The number of hydrogen-bond donors (Lipinski definition) is 1. The fourth-order valence-electron chi connectivity index (χ4n) is 2.54. The van der Waals surface area contributed by atoms with Crippen LogP contribution in [0.5, 0.6) is 5.75 Å². The Kier molecular flexibility index (Phi) is 3.10. The van der Waals surface area contributed by atoms with Gasteiger partial charge in [-0.05, 0) is 41.3 Å². The molecule has 3 heteroatoms. The van der Waals surface area contributed by atoms with E-state index in [4.69, 9.17) is 10.5 Å². The fraction of sp³-hybridized carbons (Fsp3) is 0.333. The molecular weight excluding hydrogens is 242 g/mol. The number of ether oxygens (including phenoxy) is 1. The molecule has 0 spiro atoms. The molecule has 0 fully saturated rings. The Hall–Kier alpha value is -1.32. The zero-order valence-electron chi connectivity index (χ0n) is 10.3. The lowest BCUT2D eigenvalue weighted by Gasteiger charge is -2.35. The summed E-state index contributed by atoms with van der Waals surface area (Å²) >= 11 is 1.75. The summed E-state index contributed by atoms with van der Waals surface area (Å²) in [6, 6.07) is 10.3. The first-order valence-electron chi connectivity index (χ1n) is 6.30. The van der Waals surface area contributed by atoms with Gasteiger partial charge in [0.15, 0.2) is 0 Å². The molecular formula is C15H17NOS. The lowest BCUT2D eigenvalue weighted by molar-refractivity contribution is 0.208. The highest BCUT2D eigenvalue weighted by Gasteiger charge is 2.33. The molecule has 94 valence electrons. The van der Waals surface area contributed by atoms with E-state index < -0.39 is 0 Å². The smallest absolute Gasteiger partial charge is 0.124 e. The summed E-state index contributed by atoms with van der Waals surface area (Å²) in [7, 11) is 0. The number of benzene rings is 1. The topological polar surface area (TPSA) is 35.2 Å². The van der Waals surface area contributed by atoms with E-state index in [1.165, 1.54) is 5.56 Å². The van der Waals surface area contributed by atoms with E-state index in [1.54, 1.807) is 11.3 Å². The zero-order valence-corrected chi connectivity index (χ0v) is 11.1. The second kappa shape index (κ2) is 4.75. The molecule has 1 aromatic carbocycles. The third-order valence-electron chi connectivity index (χ3n) is 3.67. The van der Waals surface area contributed by atoms with Crippen LogP contribution in [0.2, 0.25) is 0 Å². The molecule has 0 aliphatic carbocycles. The van der Waals surface area contributed by atoms with E-state index in [9.17, 15) is 0 Å². The Morgan fingerprint density at radius 1 is 1.28 bits per heavy atom.